The Morgan fingerprint density at radius 2 is 2.21 bits per heavy atom. The van der Waals surface area contributed by atoms with Gasteiger partial charge in [-0.3, -0.25) is 0 Å². The van der Waals surface area contributed by atoms with Gasteiger partial charge in [-0.15, -0.1) is 0 Å². The molecule has 0 unspecified atom stereocenters. The average molecular weight is 186 g/mol. The molecule has 1 aromatic heterocycles. The molecule has 2 rings (SSSR count). The van der Waals surface area contributed by atoms with Crippen LogP contribution in [0, 0.1) is 11.3 Å². The van der Waals surface area contributed by atoms with Gasteiger partial charge in [-0.1, -0.05) is 26.0 Å². The van der Waals surface area contributed by atoms with Crippen LogP contribution in [-0.2, 0) is 0 Å². The highest BCUT2D eigenvalue weighted by molar-refractivity contribution is 5.86. The van der Waals surface area contributed by atoms with Crippen molar-refractivity contribution in [2.24, 2.45) is 0 Å². The molecule has 2 nitrogen and oxygen atoms in total. The van der Waals surface area contributed by atoms with E-state index in [1.54, 1.807) is 6.20 Å². The predicted octanol–water partition coefficient (Wildman–Crippen LogP) is 3.41. The van der Waals surface area contributed by atoms with E-state index in [9.17, 15) is 0 Å². The average Bonchev–Trinajstić information content (AvgIpc) is 2.59. The third kappa shape index (κ3) is 1.27. The van der Waals surface area contributed by atoms with Crippen LogP contribution < -0.4 is 0 Å². The summed E-state index contributed by atoms with van der Waals surface area (Å²) in [6.07, 6.45) is 1.76. The molecular weight excluding hydrogens is 172 g/mol. The lowest BCUT2D eigenvalue weighted by Gasteiger charge is -2.04. The summed E-state index contributed by atoms with van der Waals surface area (Å²) in [5.41, 5.74) is 3.06. The molecule has 72 valence electrons. The molecular formula is C12H14N2. The molecule has 0 atom stereocenters. The Labute approximate surface area is 84.7 Å². The van der Waals surface area contributed by atoms with Gasteiger partial charge in [-0.05, 0) is 17.5 Å². The summed E-state index contributed by atoms with van der Waals surface area (Å²) >= 11 is 0. The summed E-state index contributed by atoms with van der Waals surface area (Å²) in [6.45, 7) is 4.32. The Bertz CT molecular complexity index is 506. The van der Waals surface area contributed by atoms with Crippen molar-refractivity contribution in [2.45, 2.75) is 19.8 Å². The summed E-state index contributed by atoms with van der Waals surface area (Å²) < 4.78 is 0. The van der Waals surface area contributed by atoms with E-state index >= 15 is 0 Å². The van der Waals surface area contributed by atoms with Gasteiger partial charge in [-0.2, -0.15) is 5.26 Å². The summed E-state index contributed by atoms with van der Waals surface area (Å²) in [7, 11) is 0. The molecule has 0 aliphatic carbocycles. The van der Waals surface area contributed by atoms with Crippen LogP contribution in [0.5, 0.6) is 0 Å². The largest absolute Gasteiger partial charge is 0.360 e. The minimum atomic E-state index is 0. The standard InChI is InChI=1S/C12H12N2.H2/c1-8(2)9-3-4-11-10(6-13)7-14-12(11)5-9;/h3-5,7-8,14H,1-2H3;1H. The molecule has 0 saturated heterocycles. The second-order valence-corrected chi connectivity index (χ2v) is 3.77. The predicted molar refractivity (Wildman–Crippen MR) is 59.2 cm³/mol. The molecule has 0 aliphatic heterocycles. The number of fused-ring (bicyclic) bond motifs is 1. The highest BCUT2D eigenvalue weighted by atomic mass is 14.7. The summed E-state index contributed by atoms with van der Waals surface area (Å²) in [4.78, 5) is 3.11. The molecule has 2 heteroatoms. The zero-order valence-corrected chi connectivity index (χ0v) is 8.33. The lowest BCUT2D eigenvalue weighted by Crippen LogP contribution is -1.85. The van der Waals surface area contributed by atoms with Crippen molar-refractivity contribution in [1.82, 2.24) is 4.98 Å². The fourth-order valence-corrected chi connectivity index (χ4v) is 1.60. The van der Waals surface area contributed by atoms with Crippen molar-refractivity contribution in [1.29, 1.82) is 5.26 Å². The van der Waals surface area contributed by atoms with Gasteiger partial charge in [-0.25, -0.2) is 0 Å². The molecule has 0 aliphatic rings. The molecule has 1 aromatic carbocycles. The Morgan fingerprint density at radius 3 is 2.86 bits per heavy atom. The van der Waals surface area contributed by atoms with Crippen LogP contribution in [0.15, 0.2) is 24.4 Å². The molecule has 0 amide bonds. The number of hydrogen-bond acceptors (Lipinski definition) is 1. The van der Waals surface area contributed by atoms with E-state index in [0.29, 0.717) is 5.92 Å². The maximum absolute atomic E-state index is 8.83. The molecule has 1 N–H and O–H groups in total. The van der Waals surface area contributed by atoms with Gasteiger partial charge >= 0.3 is 0 Å². The minimum absolute atomic E-state index is 0. The summed E-state index contributed by atoms with van der Waals surface area (Å²) in [5.74, 6) is 0.522. The normalized spacial score (nSPS) is 10.7. The number of H-pyrrole nitrogens is 1. The van der Waals surface area contributed by atoms with Gasteiger partial charge in [0.25, 0.3) is 0 Å². The Balaban J connectivity index is 0.00000112. The summed E-state index contributed by atoms with van der Waals surface area (Å²) in [5, 5.41) is 9.84. The van der Waals surface area contributed by atoms with Crippen LogP contribution in [0.3, 0.4) is 0 Å². The number of nitrogens with one attached hydrogen (secondary N) is 1. The molecule has 0 radical (unpaired) electrons. The first-order chi connectivity index (χ1) is 6.72. The smallest absolute Gasteiger partial charge is 0.101 e. The number of nitrogens with zero attached hydrogens (tertiary/aromatic N) is 1. The van der Waals surface area contributed by atoms with E-state index in [1.165, 1.54) is 5.56 Å². The summed E-state index contributed by atoms with van der Waals surface area (Å²) in [6, 6.07) is 8.38. The molecule has 2 aromatic rings. The quantitative estimate of drug-likeness (QED) is 0.728. The molecule has 0 spiro atoms. The van der Waals surface area contributed by atoms with E-state index in [1.807, 2.05) is 6.07 Å². The molecule has 0 fully saturated rings. The van der Waals surface area contributed by atoms with E-state index in [2.05, 4.69) is 37.0 Å². The van der Waals surface area contributed by atoms with Crippen LogP contribution in [0.1, 0.15) is 32.3 Å². The van der Waals surface area contributed by atoms with Crippen LogP contribution in [0.25, 0.3) is 10.9 Å². The van der Waals surface area contributed by atoms with E-state index in [4.69, 9.17) is 5.26 Å². The first-order valence-electron chi connectivity index (χ1n) is 4.73. The zero-order valence-electron chi connectivity index (χ0n) is 8.33. The highest BCUT2D eigenvalue weighted by Crippen LogP contribution is 2.22. The van der Waals surface area contributed by atoms with E-state index < -0.39 is 0 Å². The van der Waals surface area contributed by atoms with Crippen LogP contribution in [-0.4, -0.2) is 4.98 Å². The van der Waals surface area contributed by atoms with E-state index in [-0.39, 0.29) is 1.43 Å². The van der Waals surface area contributed by atoms with Gasteiger partial charge in [0.15, 0.2) is 0 Å². The first-order valence-corrected chi connectivity index (χ1v) is 4.73. The van der Waals surface area contributed by atoms with Crippen LogP contribution in [0.4, 0.5) is 0 Å². The van der Waals surface area contributed by atoms with Gasteiger partial charge in [0.1, 0.15) is 6.07 Å². The molecule has 14 heavy (non-hydrogen) atoms. The second-order valence-electron chi connectivity index (χ2n) is 3.77. The number of benzene rings is 1. The molecule has 0 saturated carbocycles. The maximum atomic E-state index is 8.83. The topological polar surface area (TPSA) is 39.6 Å². The number of rotatable bonds is 1. The van der Waals surface area contributed by atoms with Gasteiger partial charge in [0.05, 0.1) is 5.56 Å². The number of aromatic amines is 1. The van der Waals surface area contributed by atoms with Gasteiger partial charge in [0.2, 0.25) is 0 Å². The van der Waals surface area contributed by atoms with Crippen molar-refractivity contribution in [2.75, 3.05) is 0 Å². The van der Waals surface area contributed by atoms with Crippen molar-refractivity contribution in [3.63, 3.8) is 0 Å². The van der Waals surface area contributed by atoms with Crippen LogP contribution in [0.2, 0.25) is 0 Å². The fraction of sp³-hybridized carbons (Fsp3) is 0.250. The third-order valence-corrected chi connectivity index (χ3v) is 2.49. The maximum Gasteiger partial charge on any atom is 0.101 e. The SMILES string of the molecule is CC(C)c1ccc2c(C#N)c[nH]c2c1.[HH]. The lowest BCUT2D eigenvalue weighted by atomic mass is 10.0. The fourth-order valence-electron chi connectivity index (χ4n) is 1.60. The Morgan fingerprint density at radius 1 is 1.43 bits per heavy atom. The number of hydrogen-bond donors (Lipinski definition) is 1. The lowest BCUT2D eigenvalue weighted by molar-refractivity contribution is 0.868. The first kappa shape index (κ1) is 8.83. The Hall–Kier alpha value is -1.75. The van der Waals surface area contributed by atoms with Gasteiger partial charge in [0, 0.05) is 18.5 Å². The molecule has 0 bridgehead atoms. The number of nitriles is 1. The van der Waals surface area contributed by atoms with Crippen molar-refractivity contribution < 1.29 is 1.43 Å². The van der Waals surface area contributed by atoms with Crippen molar-refractivity contribution in [3.05, 3.63) is 35.5 Å². The van der Waals surface area contributed by atoms with Crippen molar-refractivity contribution in [3.8, 4) is 6.07 Å². The minimum Gasteiger partial charge on any atom is -0.360 e. The number of aromatic nitrogens is 1. The highest BCUT2D eigenvalue weighted by Gasteiger charge is 2.05. The van der Waals surface area contributed by atoms with Crippen molar-refractivity contribution >= 4 is 10.9 Å². The van der Waals surface area contributed by atoms with Crippen LogP contribution >= 0.6 is 0 Å². The Kier molecular flexibility index (Phi) is 2.01. The monoisotopic (exact) mass is 186 g/mol. The molecule has 1 heterocycles. The second kappa shape index (κ2) is 3.19. The zero-order chi connectivity index (χ0) is 10.1. The van der Waals surface area contributed by atoms with Gasteiger partial charge < -0.3 is 4.98 Å². The van der Waals surface area contributed by atoms with E-state index in [0.717, 1.165) is 16.5 Å². The third-order valence-electron chi connectivity index (χ3n) is 2.49.